The summed E-state index contributed by atoms with van der Waals surface area (Å²) in [6.07, 6.45) is 5.82. The lowest BCUT2D eigenvalue weighted by Gasteiger charge is -2.24. The zero-order valence-electron chi connectivity index (χ0n) is 13.5. The van der Waals surface area contributed by atoms with Gasteiger partial charge in [-0.2, -0.15) is 0 Å². The molecule has 2 heterocycles. The van der Waals surface area contributed by atoms with Crippen molar-refractivity contribution < 1.29 is 0 Å². The third-order valence-corrected chi connectivity index (χ3v) is 4.53. The second-order valence-corrected chi connectivity index (χ2v) is 7.60. The van der Waals surface area contributed by atoms with Gasteiger partial charge in [0.1, 0.15) is 5.82 Å². The number of halogens is 1. The van der Waals surface area contributed by atoms with Crippen molar-refractivity contribution in [3.63, 3.8) is 0 Å². The van der Waals surface area contributed by atoms with Crippen LogP contribution in [-0.4, -0.2) is 24.6 Å². The minimum absolute atomic E-state index is 0.674. The molecule has 21 heavy (non-hydrogen) atoms. The summed E-state index contributed by atoms with van der Waals surface area (Å²) in [7, 11) is 0. The van der Waals surface area contributed by atoms with Crippen molar-refractivity contribution in [1.29, 1.82) is 0 Å². The predicted octanol–water partition coefficient (Wildman–Crippen LogP) is 4.22. The first-order valence-corrected chi connectivity index (χ1v) is 8.95. The molecular formula is C17H28BrN3. The molecule has 1 aromatic rings. The molecule has 1 N–H and O–H groups in total. The van der Waals surface area contributed by atoms with E-state index in [1.54, 1.807) is 0 Å². The Hall–Kier alpha value is -0.610. The maximum Gasteiger partial charge on any atom is 0.133 e. The van der Waals surface area contributed by atoms with Gasteiger partial charge in [-0.25, -0.2) is 4.98 Å². The largest absolute Gasteiger partial charge is 0.356 e. The molecule has 0 amide bonds. The summed E-state index contributed by atoms with van der Waals surface area (Å²) in [6, 6.07) is 2.21. The topological polar surface area (TPSA) is 28.2 Å². The molecular weight excluding hydrogens is 326 g/mol. The maximum atomic E-state index is 4.71. The molecule has 0 spiro atoms. The summed E-state index contributed by atoms with van der Waals surface area (Å²) in [5, 5.41) is 3.54. The highest BCUT2D eigenvalue weighted by Gasteiger charge is 2.18. The van der Waals surface area contributed by atoms with Gasteiger partial charge in [0.15, 0.2) is 0 Å². The van der Waals surface area contributed by atoms with Crippen molar-refractivity contribution in [3.8, 4) is 0 Å². The van der Waals surface area contributed by atoms with E-state index in [0.717, 1.165) is 36.6 Å². The molecule has 0 bridgehead atoms. The van der Waals surface area contributed by atoms with Gasteiger partial charge in [-0.1, -0.05) is 20.8 Å². The van der Waals surface area contributed by atoms with Gasteiger partial charge in [0.05, 0.1) is 0 Å². The van der Waals surface area contributed by atoms with Crippen molar-refractivity contribution in [2.45, 2.75) is 46.6 Å². The van der Waals surface area contributed by atoms with Gasteiger partial charge in [-0.15, -0.1) is 0 Å². The van der Waals surface area contributed by atoms with Gasteiger partial charge in [-0.3, -0.25) is 0 Å². The normalized spacial score (nSPS) is 19.9. The van der Waals surface area contributed by atoms with Gasteiger partial charge in [0.2, 0.25) is 0 Å². The second-order valence-electron chi connectivity index (χ2n) is 6.68. The van der Waals surface area contributed by atoms with Gasteiger partial charge in [0.25, 0.3) is 0 Å². The maximum absolute atomic E-state index is 4.71. The van der Waals surface area contributed by atoms with E-state index in [1.807, 2.05) is 6.20 Å². The van der Waals surface area contributed by atoms with E-state index in [-0.39, 0.29) is 0 Å². The molecule has 1 aliphatic heterocycles. The van der Waals surface area contributed by atoms with Crippen molar-refractivity contribution in [2.24, 2.45) is 11.8 Å². The number of hydrogen-bond donors (Lipinski definition) is 1. The summed E-state index contributed by atoms with van der Waals surface area (Å²) < 4.78 is 1.07. The molecule has 0 aromatic carbocycles. The second kappa shape index (κ2) is 8.14. The zero-order chi connectivity index (χ0) is 15.2. The van der Waals surface area contributed by atoms with Crippen LogP contribution in [0.5, 0.6) is 0 Å². The van der Waals surface area contributed by atoms with Crippen LogP contribution in [-0.2, 0) is 6.54 Å². The SMILES string of the molecule is CC(C)CNCc1cc(Br)cnc1N1CCCC(C)CC1. The molecule has 0 saturated carbocycles. The van der Waals surface area contributed by atoms with Crippen molar-refractivity contribution in [2.75, 3.05) is 24.5 Å². The van der Waals surface area contributed by atoms with E-state index in [9.17, 15) is 0 Å². The van der Waals surface area contributed by atoms with Gasteiger partial charge in [0, 0.05) is 35.9 Å². The average Bonchev–Trinajstić information content (AvgIpc) is 2.63. The van der Waals surface area contributed by atoms with Crippen molar-refractivity contribution >= 4 is 21.7 Å². The highest BCUT2D eigenvalue weighted by molar-refractivity contribution is 9.10. The molecule has 1 aromatic heterocycles. The molecule has 1 aliphatic rings. The smallest absolute Gasteiger partial charge is 0.133 e. The lowest BCUT2D eigenvalue weighted by Crippen LogP contribution is -2.28. The Bertz CT molecular complexity index is 448. The van der Waals surface area contributed by atoms with Gasteiger partial charge >= 0.3 is 0 Å². The molecule has 118 valence electrons. The molecule has 2 rings (SSSR count). The van der Waals surface area contributed by atoms with E-state index in [4.69, 9.17) is 4.98 Å². The van der Waals surface area contributed by atoms with E-state index in [2.05, 4.69) is 53.0 Å². The van der Waals surface area contributed by atoms with Crippen LogP contribution in [0.25, 0.3) is 0 Å². The van der Waals surface area contributed by atoms with E-state index in [0.29, 0.717) is 5.92 Å². The standard InChI is InChI=1S/C17H28BrN3/c1-13(2)10-19-11-15-9-16(18)12-20-17(15)21-7-4-5-14(3)6-8-21/h9,12-14,19H,4-8,10-11H2,1-3H3. The van der Waals surface area contributed by atoms with E-state index >= 15 is 0 Å². The number of anilines is 1. The van der Waals surface area contributed by atoms with Crippen LogP contribution in [0.3, 0.4) is 0 Å². The third kappa shape index (κ3) is 5.26. The number of pyridine rings is 1. The summed E-state index contributed by atoms with van der Waals surface area (Å²) in [5.74, 6) is 2.68. The summed E-state index contributed by atoms with van der Waals surface area (Å²) in [4.78, 5) is 7.18. The Kier molecular flexibility index (Phi) is 6.49. The lowest BCUT2D eigenvalue weighted by molar-refractivity contribution is 0.520. The monoisotopic (exact) mass is 353 g/mol. The highest BCUT2D eigenvalue weighted by Crippen LogP contribution is 2.25. The van der Waals surface area contributed by atoms with Crippen LogP contribution in [0, 0.1) is 11.8 Å². The summed E-state index contributed by atoms with van der Waals surface area (Å²) >= 11 is 3.56. The van der Waals surface area contributed by atoms with E-state index in [1.165, 1.54) is 30.6 Å². The number of nitrogens with zero attached hydrogens (tertiary/aromatic N) is 2. The quantitative estimate of drug-likeness (QED) is 0.858. The summed E-state index contributed by atoms with van der Waals surface area (Å²) in [6.45, 7) is 11.0. The number of aromatic nitrogens is 1. The molecule has 0 aliphatic carbocycles. The number of rotatable bonds is 5. The molecule has 1 saturated heterocycles. The third-order valence-electron chi connectivity index (χ3n) is 4.09. The fourth-order valence-electron chi connectivity index (χ4n) is 2.86. The molecule has 1 atom stereocenters. The van der Waals surface area contributed by atoms with Crippen LogP contribution in [0.2, 0.25) is 0 Å². The minimum atomic E-state index is 0.674. The summed E-state index contributed by atoms with van der Waals surface area (Å²) in [5.41, 5.74) is 1.31. The van der Waals surface area contributed by atoms with Crippen LogP contribution in [0.4, 0.5) is 5.82 Å². The van der Waals surface area contributed by atoms with Crippen LogP contribution < -0.4 is 10.2 Å². The lowest BCUT2D eigenvalue weighted by atomic mass is 10.0. The Morgan fingerprint density at radius 3 is 2.95 bits per heavy atom. The first kappa shape index (κ1) is 16.8. The molecule has 1 unspecified atom stereocenters. The molecule has 4 heteroatoms. The Labute approximate surface area is 137 Å². The van der Waals surface area contributed by atoms with Gasteiger partial charge in [-0.05, 0) is 59.6 Å². The Balaban J connectivity index is 2.09. The number of nitrogens with one attached hydrogen (secondary N) is 1. The minimum Gasteiger partial charge on any atom is -0.356 e. The zero-order valence-corrected chi connectivity index (χ0v) is 15.1. The van der Waals surface area contributed by atoms with Crippen LogP contribution in [0.1, 0.15) is 45.6 Å². The Morgan fingerprint density at radius 2 is 2.19 bits per heavy atom. The average molecular weight is 354 g/mol. The highest BCUT2D eigenvalue weighted by atomic mass is 79.9. The van der Waals surface area contributed by atoms with Crippen LogP contribution >= 0.6 is 15.9 Å². The first-order valence-electron chi connectivity index (χ1n) is 8.16. The molecule has 3 nitrogen and oxygen atoms in total. The van der Waals surface area contributed by atoms with E-state index < -0.39 is 0 Å². The van der Waals surface area contributed by atoms with Gasteiger partial charge < -0.3 is 10.2 Å². The first-order chi connectivity index (χ1) is 10.1. The number of hydrogen-bond acceptors (Lipinski definition) is 3. The fourth-order valence-corrected chi connectivity index (χ4v) is 3.24. The Morgan fingerprint density at radius 1 is 1.38 bits per heavy atom. The van der Waals surface area contributed by atoms with Crippen molar-refractivity contribution in [3.05, 3.63) is 22.3 Å². The van der Waals surface area contributed by atoms with Crippen molar-refractivity contribution in [1.82, 2.24) is 10.3 Å². The fraction of sp³-hybridized carbons (Fsp3) is 0.706. The molecule has 1 fully saturated rings. The predicted molar refractivity (Wildman–Crippen MR) is 93.7 cm³/mol. The van der Waals surface area contributed by atoms with Crippen LogP contribution in [0.15, 0.2) is 16.7 Å². The molecule has 0 radical (unpaired) electrons.